The van der Waals surface area contributed by atoms with Crippen LogP contribution in [0, 0.1) is 6.92 Å². The van der Waals surface area contributed by atoms with Crippen molar-refractivity contribution in [2.75, 3.05) is 13.7 Å². The SMILES string of the molecule is CCCCCNC(=O)c1sc(COC)nc1C. The zero-order chi connectivity index (χ0) is 12.7. The Morgan fingerprint density at radius 3 is 2.88 bits per heavy atom. The molecule has 4 nitrogen and oxygen atoms in total. The van der Waals surface area contributed by atoms with Crippen LogP contribution in [-0.2, 0) is 11.3 Å². The van der Waals surface area contributed by atoms with Crippen molar-refractivity contribution >= 4 is 17.2 Å². The predicted molar refractivity (Wildman–Crippen MR) is 69.4 cm³/mol. The first kappa shape index (κ1) is 14.1. The fraction of sp³-hybridized carbons (Fsp3) is 0.667. The number of carbonyl (C=O) groups excluding carboxylic acids is 1. The molecule has 1 N–H and O–H groups in total. The average molecular weight is 256 g/mol. The van der Waals surface area contributed by atoms with Crippen LogP contribution in [0.25, 0.3) is 0 Å². The lowest BCUT2D eigenvalue weighted by Crippen LogP contribution is -2.24. The second kappa shape index (κ2) is 7.40. The van der Waals surface area contributed by atoms with Gasteiger partial charge in [-0.15, -0.1) is 11.3 Å². The number of hydrogen-bond acceptors (Lipinski definition) is 4. The summed E-state index contributed by atoms with van der Waals surface area (Å²) in [5.41, 5.74) is 0.787. The van der Waals surface area contributed by atoms with Gasteiger partial charge in [0.15, 0.2) is 0 Å². The van der Waals surface area contributed by atoms with E-state index in [-0.39, 0.29) is 5.91 Å². The highest BCUT2D eigenvalue weighted by Crippen LogP contribution is 2.18. The molecule has 1 aromatic rings. The Balaban J connectivity index is 2.50. The van der Waals surface area contributed by atoms with E-state index < -0.39 is 0 Å². The number of aryl methyl sites for hydroxylation is 1. The van der Waals surface area contributed by atoms with Crippen molar-refractivity contribution in [1.29, 1.82) is 0 Å². The number of thiazole rings is 1. The van der Waals surface area contributed by atoms with Crippen molar-refractivity contribution in [3.8, 4) is 0 Å². The molecule has 0 saturated carbocycles. The quantitative estimate of drug-likeness (QED) is 0.763. The maximum absolute atomic E-state index is 11.9. The second-order valence-corrected chi connectivity index (χ2v) is 5.00. The van der Waals surface area contributed by atoms with Gasteiger partial charge in [-0.05, 0) is 13.3 Å². The highest BCUT2D eigenvalue weighted by Gasteiger charge is 2.14. The van der Waals surface area contributed by atoms with Crippen molar-refractivity contribution in [1.82, 2.24) is 10.3 Å². The minimum atomic E-state index is -0.0153. The molecule has 0 unspecified atom stereocenters. The first-order valence-electron chi connectivity index (χ1n) is 5.92. The van der Waals surface area contributed by atoms with E-state index in [1.165, 1.54) is 11.3 Å². The smallest absolute Gasteiger partial charge is 0.263 e. The summed E-state index contributed by atoms with van der Waals surface area (Å²) in [5.74, 6) is -0.0153. The monoisotopic (exact) mass is 256 g/mol. The molecule has 0 spiro atoms. The first-order chi connectivity index (χ1) is 8.19. The number of unbranched alkanes of at least 4 members (excludes halogenated alkanes) is 2. The standard InChI is InChI=1S/C12H20N2O2S/c1-4-5-6-7-13-12(15)11-9(2)14-10(17-11)8-16-3/h4-8H2,1-3H3,(H,13,15). The Labute approximate surface area is 106 Å². The molecular weight excluding hydrogens is 236 g/mol. The van der Waals surface area contributed by atoms with Crippen LogP contribution in [0.2, 0.25) is 0 Å². The fourth-order valence-electron chi connectivity index (χ4n) is 1.51. The number of hydrogen-bond donors (Lipinski definition) is 1. The van der Waals surface area contributed by atoms with E-state index in [1.54, 1.807) is 7.11 Å². The lowest BCUT2D eigenvalue weighted by Gasteiger charge is -2.02. The zero-order valence-corrected chi connectivity index (χ0v) is 11.5. The molecule has 0 aliphatic carbocycles. The molecule has 0 aliphatic heterocycles. The van der Waals surface area contributed by atoms with Gasteiger partial charge in [0.25, 0.3) is 5.91 Å². The normalized spacial score (nSPS) is 10.5. The fourth-order valence-corrected chi connectivity index (χ4v) is 2.46. The van der Waals surface area contributed by atoms with Crippen LogP contribution in [0.3, 0.4) is 0 Å². The Morgan fingerprint density at radius 2 is 2.24 bits per heavy atom. The van der Waals surface area contributed by atoms with Crippen LogP contribution < -0.4 is 5.32 Å². The number of nitrogens with one attached hydrogen (secondary N) is 1. The third kappa shape index (κ3) is 4.44. The van der Waals surface area contributed by atoms with Crippen LogP contribution in [-0.4, -0.2) is 24.5 Å². The number of methoxy groups -OCH3 is 1. The number of aromatic nitrogens is 1. The van der Waals surface area contributed by atoms with E-state index in [4.69, 9.17) is 4.74 Å². The van der Waals surface area contributed by atoms with Gasteiger partial charge >= 0.3 is 0 Å². The van der Waals surface area contributed by atoms with Crippen LogP contribution >= 0.6 is 11.3 Å². The Kier molecular flexibility index (Phi) is 6.15. The number of carbonyl (C=O) groups is 1. The number of nitrogens with zero attached hydrogens (tertiary/aromatic N) is 1. The van der Waals surface area contributed by atoms with E-state index in [1.807, 2.05) is 6.92 Å². The van der Waals surface area contributed by atoms with Gasteiger partial charge in [-0.25, -0.2) is 4.98 Å². The highest BCUT2D eigenvalue weighted by atomic mass is 32.1. The van der Waals surface area contributed by atoms with Gasteiger partial charge in [-0.3, -0.25) is 4.79 Å². The molecule has 1 rings (SSSR count). The van der Waals surface area contributed by atoms with Gasteiger partial charge in [0.05, 0.1) is 12.3 Å². The van der Waals surface area contributed by atoms with Gasteiger partial charge in [0.1, 0.15) is 9.88 Å². The summed E-state index contributed by atoms with van der Waals surface area (Å²) in [4.78, 5) is 16.9. The minimum absolute atomic E-state index is 0.0153. The van der Waals surface area contributed by atoms with Crippen molar-refractivity contribution in [2.45, 2.75) is 39.7 Å². The van der Waals surface area contributed by atoms with E-state index in [9.17, 15) is 4.79 Å². The van der Waals surface area contributed by atoms with E-state index in [0.717, 1.165) is 36.5 Å². The van der Waals surface area contributed by atoms with E-state index >= 15 is 0 Å². The molecule has 0 radical (unpaired) electrons. The lowest BCUT2D eigenvalue weighted by molar-refractivity contribution is 0.0956. The zero-order valence-electron chi connectivity index (χ0n) is 10.7. The summed E-state index contributed by atoms with van der Waals surface area (Å²) in [6, 6.07) is 0. The third-order valence-corrected chi connectivity index (χ3v) is 3.51. The summed E-state index contributed by atoms with van der Waals surface area (Å²) in [5, 5.41) is 3.77. The Bertz CT molecular complexity index is 363. The average Bonchev–Trinajstić information content (AvgIpc) is 2.66. The van der Waals surface area contributed by atoms with Gasteiger partial charge in [0.2, 0.25) is 0 Å². The summed E-state index contributed by atoms with van der Waals surface area (Å²) >= 11 is 1.41. The van der Waals surface area contributed by atoms with Crippen molar-refractivity contribution < 1.29 is 9.53 Å². The van der Waals surface area contributed by atoms with Gasteiger partial charge in [-0.1, -0.05) is 19.8 Å². The van der Waals surface area contributed by atoms with E-state index in [0.29, 0.717) is 11.5 Å². The molecule has 0 aromatic carbocycles. The molecule has 0 bridgehead atoms. The molecule has 0 aliphatic rings. The first-order valence-corrected chi connectivity index (χ1v) is 6.74. The predicted octanol–water partition coefficient (Wildman–Crippen LogP) is 2.52. The molecule has 1 aromatic heterocycles. The van der Waals surface area contributed by atoms with E-state index in [2.05, 4.69) is 17.2 Å². The summed E-state index contributed by atoms with van der Waals surface area (Å²) in [6.07, 6.45) is 3.34. The van der Waals surface area contributed by atoms with Crippen LogP contribution in [0.5, 0.6) is 0 Å². The van der Waals surface area contributed by atoms with Crippen molar-refractivity contribution in [3.63, 3.8) is 0 Å². The summed E-state index contributed by atoms with van der Waals surface area (Å²) in [6.45, 7) is 5.21. The van der Waals surface area contributed by atoms with Gasteiger partial charge in [-0.2, -0.15) is 0 Å². The molecule has 1 amide bonds. The number of amides is 1. The molecule has 0 fully saturated rings. The number of rotatable bonds is 7. The summed E-state index contributed by atoms with van der Waals surface area (Å²) in [7, 11) is 1.63. The number of ether oxygens (including phenoxy) is 1. The molecule has 17 heavy (non-hydrogen) atoms. The Morgan fingerprint density at radius 1 is 1.47 bits per heavy atom. The topological polar surface area (TPSA) is 51.2 Å². The van der Waals surface area contributed by atoms with Crippen LogP contribution in [0.15, 0.2) is 0 Å². The maximum Gasteiger partial charge on any atom is 0.263 e. The molecule has 1 heterocycles. The Hall–Kier alpha value is -0.940. The highest BCUT2D eigenvalue weighted by molar-refractivity contribution is 7.13. The maximum atomic E-state index is 11.9. The second-order valence-electron chi connectivity index (χ2n) is 3.92. The minimum Gasteiger partial charge on any atom is -0.378 e. The summed E-state index contributed by atoms with van der Waals surface area (Å²) < 4.78 is 5.01. The van der Waals surface area contributed by atoms with Crippen LogP contribution in [0.4, 0.5) is 0 Å². The molecule has 0 saturated heterocycles. The van der Waals surface area contributed by atoms with Gasteiger partial charge in [0, 0.05) is 13.7 Å². The lowest BCUT2D eigenvalue weighted by atomic mass is 10.2. The molecule has 0 atom stereocenters. The molecule has 96 valence electrons. The molecular formula is C12H20N2O2S. The van der Waals surface area contributed by atoms with Crippen LogP contribution in [0.1, 0.15) is 46.6 Å². The molecule has 5 heteroatoms. The van der Waals surface area contributed by atoms with Gasteiger partial charge < -0.3 is 10.1 Å². The third-order valence-electron chi connectivity index (χ3n) is 2.38. The van der Waals surface area contributed by atoms with Crippen molar-refractivity contribution in [3.05, 3.63) is 15.6 Å². The largest absolute Gasteiger partial charge is 0.378 e. The van der Waals surface area contributed by atoms with Crippen molar-refractivity contribution in [2.24, 2.45) is 0 Å².